The molecule has 1 aliphatic heterocycles. The Morgan fingerprint density at radius 2 is 1.75 bits per heavy atom. The predicted molar refractivity (Wildman–Crippen MR) is 93.0 cm³/mol. The molecule has 7 nitrogen and oxygen atoms in total. The number of hydrogen-bond donors (Lipinski definition) is 0. The molecule has 0 radical (unpaired) electrons. The van der Waals surface area contributed by atoms with E-state index >= 15 is 0 Å². The van der Waals surface area contributed by atoms with Crippen molar-refractivity contribution in [2.45, 2.75) is 33.6 Å². The van der Waals surface area contributed by atoms with Crippen LogP contribution in [0.4, 0.5) is 5.95 Å². The Morgan fingerprint density at radius 3 is 2.29 bits per heavy atom. The van der Waals surface area contributed by atoms with E-state index in [0.29, 0.717) is 37.8 Å². The quantitative estimate of drug-likeness (QED) is 0.787. The molecule has 0 aliphatic carbocycles. The first-order chi connectivity index (χ1) is 11.6. The summed E-state index contributed by atoms with van der Waals surface area (Å²) in [4.78, 5) is 38.5. The zero-order valence-electron chi connectivity index (χ0n) is 14.9. The molecule has 0 spiro atoms. The topological polar surface area (TPSA) is 69.6 Å². The van der Waals surface area contributed by atoms with E-state index in [1.165, 1.54) is 0 Å². The number of carbonyl (C=O) groups excluding carboxylic acids is 2. The zero-order valence-corrected chi connectivity index (χ0v) is 14.9. The van der Waals surface area contributed by atoms with E-state index in [-0.39, 0.29) is 11.8 Å². The first-order valence-electron chi connectivity index (χ1n) is 8.69. The van der Waals surface area contributed by atoms with Crippen LogP contribution in [0.3, 0.4) is 0 Å². The minimum atomic E-state index is -0.0373. The van der Waals surface area contributed by atoms with Crippen LogP contribution in [0.1, 0.15) is 44.1 Å². The van der Waals surface area contributed by atoms with Crippen LogP contribution >= 0.6 is 0 Å². The van der Waals surface area contributed by atoms with Gasteiger partial charge in [0, 0.05) is 52.4 Å². The molecule has 0 saturated carbocycles. The Balaban J connectivity index is 2.08. The summed E-state index contributed by atoms with van der Waals surface area (Å²) in [6.07, 6.45) is 3.50. The lowest BCUT2D eigenvalue weighted by Crippen LogP contribution is -2.48. The van der Waals surface area contributed by atoms with Gasteiger partial charge in [-0.2, -0.15) is 0 Å². The summed E-state index contributed by atoms with van der Waals surface area (Å²) in [6.45, 7) is 9.89. The molecule has 0 bridgehead atoms. The van der Waals surface area contributed by atoms with E-state index in [2.05, 4.69) is 23.8 Å². The van der Waals surface area contributed by atoms with Gasteiger partial charge in [-0.15, -0.1) is 0 Å². The van der Waals surface area contributed by atoms with Crippen LogP contribution in [0.15, 0.2) is 12.3 Å². The van der Waals surface area contributed by atoms with Crippen molar-refractivity contribution in [1.82, 2.24) is 19.8 Å². The monoisotopic (exact) mass is 333 g/mol. The maximum Gasteiger partial charge on any atom is 0.272 e. The van der Waals surface area contributed by atoms with Gasteiger partial charge in [-0.3, -0.25) is 9.59 Å². The lowest BCUT2D eigenvalue weighted by Gasteiger charge is -2.34. The van der Waals surface area contributed by atoms with Crippen molar-refractivity contribution in [3.05, 3.63) is 18.0 Å². The summed E-state index contributed by atoms with van der Waals surface area (Å²) < 4.78 is 0. The van der Waals surface area contributed by atoms with Gasteiger partial charge in [0.2, 0.25) is 11.9 Å². The minimum absolute atomic E-state index is 0.0373. The van der Waals surface area contributed by atoms with Crippen molar-refractivity contribution in [2.24, 2.45) is 0 Å². The highest BCUT2D eigenvalue weighted by molar-refractivity contribution is 5.92. The first kappa shape index (κ1) is 18.2. The van der Waals surface area contributed by atoms with Crippen molar-refractivity contribution in [2.75, 3.05) is 44.2 Å². The summed E-state index contributed by atoms with van der Waals surface area (Å²) in [5.41, 5.74) is 0.441. The molecule has 1 fully saturated rings. The van der Waals surface area contributed by atoms with E-state index in [1.807, 2.05) is 14.7 Å². The van der Waals surface area contributed by atoms with Crippen LogP contribution in [-0.4, -0.2) is 70.9 Å². The molecule has 1 aromatic heterocycles. The standard InChI is InChI=1S/C17H27N5O2/c1-4-8-21(9-5-2)16(24)15-6-7-18-17(19-15)22-12-10-20(11-13-22)14(3)23/h6-7H,4-5,8-13H2,1-3H3. The zero-order chi connectivity index (χ0) is 17.5. The molecule has 2 amide bonds. The van der Waals surface area contributed by atoms with Crippen LogP contribution in [0.25, 0.3) is 0 Å². The molecule has 132 valence electrons. The second-order valence-corrected chi connectivity index (χ2v) is 6.03. The van der Waals surface area contributed by atoms with Crippen LogP contribution < -0.4 is 4.90 Å². The van der Waals surface area contributed by atoms with Gasteiger partial charge in [0.15, 0.2) is 0 Å². The maximum absolute atomic E-state index is 12.7. The molecular weight excluding hydrogens is 306 g/mol. The summed E-state index contributed by atoms with van der Waals surface area (Å²) in [5, 5.41) is 0. The lowest BCUT2D eigenvalue weighted by atomic mass is 10.3. The van der Waals surface area contributed by atoms with Gasteiger partial charge in [0.1, 0.15) is 5.69 Å². The van der Waals surface area contributed by atoms with Gasteiger partial charge in [-0.25, -0.2) is 9.97 Å². The minimum Gasteiger partial charge on any atom is -0.339 e. The van der Waals surface area contributed by atoms with Gasteiger partial charge in [-0.1, -0.05) is 13.8 Å². The smallest absolute Gasteiger partial charge is 0.272 e. The molecule has 1 saturated heterocycles. The summed E-state index contributed by atoms with van der Waals surface area (Å²) in [5.74, 6) is 0.621. The number of carbonyl (C=O) groups is 2. The predicted octanol–water partition coefficient (Wildman–Crippen LogP) is 1.41. The molecule has 0 atom stereocenters. The Bertz CT molecular complexity index is 564. The van der Waals surface area contributed by atoms with Gasteiger partial charge in [-0.05, 0) is 18.9 Å². The average Bonchev–Trinajstić information content (AvgIpc) is 2.61. The van der Waals surface area contributed by atoms with Crippen LogP contribution in [-0.2, 0) is 4.79 Å². The largest absolute Gasteiger partial charge is 0.339 e. The van der Waals surface area contributed by atoms with E-state index < -0.39 is 0 Å². The molecular formula is C17H27N5O2. The van der Waals surface area contributed by atoms with Gasteiger partial charge in [0.25, 0.3) is 5.91 Å². The normalized spacial score (nSPS) is 14.6. The number of rotatable bonds is 6. The van der Waals surface area contributed by atoms with E-state index in [4.69, 9.17) is 0 Å². The Hall–Kier alpha value is -2.18. The SMILES string of the molecule is CCCN(CCC)C(=O)c1ccnc(N2CCN(C(C)=O)CC2)n1. The number of nitrogens with zero attached hydrogens (tertiary/aromatic N) is 5. The second-order valence-electron chi connectivity index (χ2n) is 6.03. The lowest BCUT2D eigenvalue weighted by molar-refractivity contribution is -0.129. The molecule has 0 N–H and O–H groups in total. The molecule has 0 aromatic carbocycles. The molecule has 2 rings (SSSR count). The fourth-order valence-electron chi connectivity index (χ4n) is 2.86. The first-order valence-corrected chi connectivity index (χ1v) is 8.69. The summed E-state index contributed by atoms with van der Waals surface area (Å²) in [7, 11) is 0. The van der Waals surface area contributed by atoms with Crippen LogP contribution in [0, 0.1) is 0 Å². The summed E-state index contributed by atoms with van der Waals surface area (Å²) >= 11 is 0. The third-order valence-electron chi connectivity index (χ3n) is 4.14. The highest BCUT2D eigenvalue weighted by Gasteiger charge is 2.22. The molecule has 2 heterocycles. The molecule has 1 aromatic rings. The van der Waals surface area contributed by atoms with Gasteiger partial charge in [0.05, 0.1) is 0 Å². The third-order valence-corrected chi connectivity index (χ3v) is 4.14. The van der Waals surface area contributed by atoms with Crippen LogP contribution in [0.2, 0.25) is 0 Å². The fraction of sp³-hybridized carbons (Fsp3) is 0.647. The van der Waals surface area contributed by atoms with E-state index in [1.54, 1.807) is 19.2 Å². The summed E-state index contributed by atoms with van der Waals surface area (Å²) in [6, 6.07) is 1.68. The van der Waals surface area contributed by atoms with Crippen molar-refractivity contribution in [3.63, 3.8) is 0 Å². The van der Waals surface area contributed by atoms with Gasteiger partial charge >= 0.3 is 0 Å². The van der Waals surface area contributed by atoms with Crippen LogP contribution in [0.5, 0.6) is 0 Å². The maximum atomic E-state index is 12.7. The average molecular weight is 333 g/mol. The number of hydrogen-bond acceptors (Lipinski definition) is 5. The van der Waals surface area contributed by atoms with Gasteiger partial charge < -0.3 is 14.7 Å². The number of piperazine rings is 1. The molecule has 24 heavy (non-hydrogen) atoms. The second kappa shape index (κ2) is 8.61. The molecule has 0 unspecified atom stereocenters. The highest BCUT2D eigenvalue weighted by atomic mass is 16.2. The van der Waals surface area contributed by atoms with Crippen molar-refractivity contribution in [3.8, 4) is 0 Å². The van der Waals surface area contributed by atoms with Crippen molar-refractivity contribution >= 4 is 17.8 Å². The Labute approximate surface area is 143 Å². The van der Waals surface area contributed by atoms with E-state index in [0.717, 1.165) is 25.9 Å². The highest BCUT2D eigenvalue weighted by Crippen LogP contribution is 2.13. The van der Waals surface area contributed by atoms with Crippen molar-refractivity contribution in [1.29, 1.82) is 0 Å². The Kier molecular flexibility index (Phi) is 6.52. The fourth-order valence-corrected chi connectivity index (χ4v) is 2.86. The number of aromatic nitrogens is 2. The molecule has 1 aliphatic rings. The third kappa shape index (κ3) is 4.43. The Morgan fingerprint density at radius 1 is 1.12 bits per heavy atom. The number of anilines is 1. The number of amides is 2. The van der Waals surface area contributed by atoms with E-state index in [9.17, 15) is 9.59 Å². The van der Waals surface area contributed by atoms with Crippen molar-refractivity contribution < 1.29 is 9.59 Å². The molecule has 7 heteroatoms.